The lowest BCUT2D eigenvalue weighted by atomic mass is 10.1. The van der Waals surface area contributed by atoms with E-state index in [2.05, 4.69) is 5.10 Å². The summed E-state index contributed by atoms with van der Waals surface area (Å²) in [5.74, 6) is -1.67. The van der Waals surface area contributed by atoms with Crippen LogP contribution in [0.15, 0.2) is 46.4 Å². The molecule has 0 spiro atoms. The molecular weight excluding hydrogens is 356 g/mol. The molecule has 2 aromatic carbocycles. The van der Waals surface area contributed by atoms with Crippen LogP contribution >= 0.6 is 0 Å². The molecule has 25 heavy (non-hydrogen) atoms. The van der Waals surface area contributed by atoms with Gasteiger partial charge in [0.25, 0.3) is 15.7 Å². The maximum Gasteiger partial charge on any atom is 0.276 e. The van der Waals surface area contributed by atoms with Gasteiger partial charge in [0.05, 0.1) is 15.5 Å². The van der Waals surface area contributed by atoms with Crippen LogP contribution in [-0.2, 0) is 10.0 Å². The summed E-state index contributed by atoms with van der Waals surface area (Å²) in [7, 11) is -4.20. The molecule has 0 aliphatic carbocycles. The Morgan fingerprint density at radius 3 is 2.48 bits per heavy atom. The van der Waals surface area contributed by atoms with E-state index in [0.29, 0.717) is 11.6 Å². The summed E-state index contributed by atoms with van der Waals surface area (Å²) in [5, 5.41) is 14.5. The molecule has 1 N–H and O–H groups in total. The third kappa shape index (κ3) is 4.15. The van der Waals surface area contributed by atoms with E-state index in [1.54, 1.807) is 0 Å². The Bertz CT molecular complexity index is 975. The van der Waals surface area contributed by atoms with Crippen molar-refractivity contribution in [2.24, 2.45) is 5.10 Å². The van der Waals surface area contributed by atoms with Gasteiger partial charge in [0, 0.05) is 23.3 Å². The van der Waals surface area contributed by atoms with Gasteiger partial charge in [-0.15, -0.1) is 0 Å². The average Bonchev–Trinajstić information content (AvgIpc) is 2.52. The Balaban J connectivity index is 2.32. The molecule has 0 unspecified atom stereocenters. The molecule has 0 aliphatic rings. The maximum atomic E-state index is 13.7. The first-order valence-electron chi connectivity index (χ1n) is 6.88. The largest absolute Gasteiger partial charge is 0.276 e. The minimum atomic E-state index is -4.20. The third-order valence-electron chi connectivity index (χ3n) is 3.34. The average molecular weight is 369 g/mol. The van der Waals surface area contributed by atoms with Crippen LogP contribution in [0, 0.1) is 28.7 Å². The predicted octanol–water partition coefficient (Wildman–Crippen LogP) is 2.88. The highest BCUT2D eigenvalue weighted by Gasteiger charge is 2.19. The number of hydrogen-bond donors (Lipinski definition) is 1. The number of halogens is 2. The first-order valence-corrected chi connectivity index (χ1v) is 8.36. The molecule has 7 nitrogen and oxygen atoms in total. The van der Waals surface area contributed by atoms with Gasteiger partial charge in [-0.25, -0.2) is 8.78 Å². The van der Waals surface area contributed by atoms with E-state index in [4.69, 9.17) is 0 Å². The van der Waals surface area contributed by atoms with E-state index in [0.717, 1.165) is 18.2 Å². The van der Waals surface area contributed by atoms with Gasteiger partial charge < -0.3 is 0 Å². The van der Waals surface area contributed by atoms with Crippen molar-refractivity contribution in [3.63, 3.8) is 0 Å². The predicted molar refractivity (Wildman–Crippen MR) is 86.7 cm³/mol. The normalized spacial score (nSPS) is 12.1. The van der Waals surface area contributed by atoms with Crippen LogP contribution in [0.25, 0.3) is 0 Å². The summed E-state index contributed by atoms with van der Waals surface area (Å²) in [6, 6.07) is 6.16. The first-order chi connectivity index (χ1) is 11.6. The molecule has 0 bridgehead atoms. The lowest BCUT2D eigenvalue weighted by molar-refractivity contribution is -0.385. The quantitative estimate of drug-likeness (QED) is 0.497. The van der Waals surface area contributed by atoms with E-state index < -0.39 is 26.6 Å². The van der Waals surface area contributed by atoms with E-state index in [1.807, 2.05) is 4.83 Å². The smallest absolute Gasteiger partial charge is 0.258 e. The number of aryl methyl sites for hydroxylation is 1. The number of rotatable bonds is 5. The van der Waals surface area contributed by atoms with Gasteiger partial charge in [-0.3, -0.25) is 10.1 Å². The van der Waals surface area contributed by atoms with Crippen molar-refractivity contribution in [3.05, 3.63) is 69.3 Å². The molecule has 0 saturated carbocycles. The highest BCUT2D eigenvalue weighted by atomic mass is 32.2. The molecule has 0 saturated heterocycles. The third-order valence-corrected chi connectivity index (χ3v) is 4.55. The van der Waals surface area contributed by atoms with Gasteiger partial charge in [-0.05, 0) is 32.0 Å². The topological polar surface area (TPSA) is 102 Å². The van der Waals surface area contributed by atoms with Crippen molar-refractivity contribution in [3.8, 4) is 0 Å². The number of nitrogens with one attached hydrogen (secondary N) is 1. The fourth-order valence-corrected chi connectivity index (χ4v) is 2.85. The zero-order valence-corrected chi connectivity index (χ0v) is 14.0. The summed E-state index contributed by atoms with van der Waals surface area (Å²) < 4.78 is 51.0. The molecule has 0 fully saturated rings. The number of hydrogen-bond acceptors (Lipinski definition) is 5. The second-order valence-electron chi connectivity index (χ2n) is 5.12. The second-order valence-corrected chi connectivity index (χ2v) is 6.78. The number of benzene rings is 2. The van der Waals surface area contributed by atoms with Crippen molar-refractivity contribution in [1.29, 1.82) is 0 Å². The zero-order chi connectivity index (χ0) is 18.8. The molecule has 0 aromatic heterocycles. The van der Waals surface area contributed by atoms with Crippen molar-refractivity contribution in [2.75, 3.05) is 0 Å². The second kappa shape index (κ2) is 6.93. The van der Waals surface area contributed by atoms with Crippen molar-refractivity contribution >= 4 is 21.4 Å². The molecule has 0 radical (unpaired) electrons. The van der Waals surface area contributed by atoms with Crippen LogP contribution in [0.4, 0.5) is 14.5 Å². The lowest BCUT2D eigenvalue weighted by Gasteiger charge is -2.07. The van der Waals surface area contributed by atoms with E-state index in [1.165, 1.54) is 26.0 Å². The van der Waals surface area contributed by atoms with Gasteiger partial charge in [0.15, 0.2) is 0 Å². The van der Waals surface area contributed by atoms with Crippen molar-refractivity contribution in [1.82, 2.24) is 4.83 Å². The van der Waals surface area contributed by atoms with Gasteiger partial charge in [0.1, 0.15) is 11.6 Å². The number of nitrogens with zero attached hydrogens (tertiary/aromatic N) is 2. The summed E-state index contributed by atoms with van der Waals surface area (Å²) in [6.07, 6.45) is 0. The molecule has 0 heterocycles. The van der Waals surface area contributed by atoms with Gasteiger partial charge >= 0.3 is 0 Å². The van der Waals surface area contributed by atoms with Gasteiger partial charge in [-0.1, -0.05) is 6.07 Å². The Labute approximate surface area is 142 Å². The van der Waals surface area contributed by atoms with Crippen molar-refractivity contribution in [2.45, 2.75) is 18.7 Å². The van der Waals surface area contributed by atoms with Crippen LogP contribution in [-0.4, -0.2) is 19.1 Å². The minimum Gasteiger partial charge on any atom is -0.258 e. The maximum absolute atomic E-state index is 13.7. The summed E-state index contributed by atoms with van der Waals surface area (Å²) >= 11 is 0. The summed E-state index contributed by atoms with van der Waals surface area (Å²) in [4.78, 5) is 11.7. The van der Waals surface area contributed by atoms with Crippen LogP contribution in [0.5, 0.6) is 0 Å². The molecule has 132 valence electrons. The lowest BCUT2D eigenvalue weighted by Crippen LogP contribution is -2.20. The van der Waals surface area contributed by atoms with E-state index in [9.17, 15) is 27.3 Å². The number of hydrazone groups is 1. The fourth-order valence-electron chi connectivity index (χ4n) is 1.98. The minimum absolute atomic E-state index is 0.0392. The molecule has 0 atom stereocenters. The first kappa shape index (κ1) is 18.5. The Kier molecular flexibility index (Phi) is 5.12. The van der Waals surface area contributed by atoms with Crippen molar-refractivity contribution < 1.29 is 22.1 Å². The zero-order valence-electron chi connectivity index (χ0n) is 13.2. The Hall–Kier alpha value is -2.88. The monoisotopic (exact) mass is 369 g/mol. The van der Waals surface area contributed by atoms with Crippen LogP contribution in [0.2, 0.25) is 0 Å². The van der Waals surface area contributed by atoms with Gasteiger partial charge in [0.2, 0.25) is 0 Å². The van der Waals surface area contributed by atoms with Gasteiger partial charge in [-0.2, -0.15) is 18.4 Å². The summed E-state index contributed by atoms with van der Waals surface area (Å²) in [5.41, 5.74) is -0.174. The standard InChI is InChI=1S/C15H13F2N3O4S/c1-9-3-5-12(8-15(9)20(21)22)25(23,24)19-18-10(2)13-6-4-11(16)7-14(13)17/h3-8,19H,1-2H3. The molecule has 0 aliphatic heterocycles. The Morgan fingerprint density at radius 2 is 1.88 bits per heavy atom. The number of nitro groups is 1. The van der Waals surface area contributed by atoms with Crippen LogP contribution in [0.1, 0.15) is 18.1 Å². The molecular formula is C15H13F2N3O4S. The van der Waals surface area contributed by atoms with Crippen LogP contribution < -0.4 is 4.83 Å². The molecule has 10 heteroatoms. The highest BCUT2D eigenvalue weighted by molar-refractivity contribution is 7.89. The number of nitro benzene ring substituents is 1. The molecule has 0 amide bonds. The van der Waals surface area contributed by atoms with E-state index >= 15 is 0 Å². The Morgan fingerprint density at radius 1 is 1.20 bits per heavy atom. The number of sulfonamides is 1. The molecule has 2 rings (SSSR count). The van der Waals surface area contributed by atoms with Crippen LogP contribution in [0.3, 0.4) is 0 Å². The molecule has 2 aromatic rings. The SMILES string of the molecule is CC(=NNS(=O)(=O)c1ccc(C)c([N+](=O)[O-])c1)c1ccc(F)cc1F. The highest BCUT2D eigenvalue weighted by Crippen LogP contribution is 2.22. The fraction of sp³-hybridized carbons (Fsp3) is 0.133. The van der Waals surface area contributed by atoms with E-state index in [-0.39, 0.29) is 21.9 Å². The summed E-state index contributed by atoms with van der Waals surface area (Å²) in [6.45, 7) is 2.80.